The second-order valence-corrected chi connectivity index (χ2v) is 4.67. The van der Waals surface area contributed by atoms with Crippen molar-refractivity contribution in [1.29, 1.82) is 0 Å². The second-order valence-electron chi connectivity index (χ2n) is 3.76. The van der Waals surface area contributed by atoms with E-state index in [1.54, 1.807) is 11.4 Å². The maximum absolute atomic E-state index is 12.5. The predicted molar refractivity (Wildman–Crippen MR) is 66.0 cm³/mol. The van der Waals surface area contributed by atoms with Crippen LogP contribution in [0.2, 0.25) is 0 Å². The molecule has 1 N–H and O–H groups in total. The van der Waals surface area contributed by atoms with Gasteiger partial charge in [0.25, 0.3) is 12.3 Å². The highest BCUT2D eigenvalue weighted by Crippen LogP contribution is 2.22. The van der Waals surface area contributed by atoms with Gasteiger partial charge in [0, 0.05) is 6.54 Å². The van der Waals surface area contributed by atoms with E-state index in [1.165, 1.54) is 11.0 Å². The number of aliphatic hydroxyl groups is 1. The minimum atomic E-state index is -2.66. The van der Waals surface area contributed by atoms with Gasteiger partial charge in [-0.2, -0.15) is 4.68 Å². The first-order chi connectivity index (χ1) is 9.63. The molecule has 0 bridgehead atoms. The molecule has 2 rings (SSSR count). The van der Waals surface area contributed by atoms with Crippen molar-refractivity contribution in [2.45, 2.75) is 6.43 Å². The molecule has 20 heavy (non-hydrogen) atoms. The van der Waals surface area contributed by atoms with Crippen LogP contribution in [0.25, 0.3) is 5.69 Å². The molecular weight excluding hydrogens is 292 g/mol. The monoisotopic (exact) mass is 303 g/mol. The van der Waals surface area contributed by atoms with Crippen molar-refractivity contribution >= 4 is 17.2 Å². The van der Waals surface area contributed by atoms with Crippen molar-refractivity contribution in [3.05, 3.63) is 22.7 Å². The smallest absolute Gasteiger partial charge is 0.266 e. The Morgan fingerprint density at radius 2 is 2.35 bits per heavy atom. The summed E-state index contributed by atoms with van der Waals surface area (Å²) in [6.45, 7) is -1.27. The number of hydrogen-bond donors (Lipinski definition) is 1. The van der Waals surface area contributed by atoms with E-state index < -0.39 is 18.9 Å². The molecule has 0 aromatic carbocycles. The fourth-order valence-corrected chi connectivity index (χ4v) is 2.47. The van der Waals surface area contributed by atoms with E-state index in [0.29, 0.717) is 5.69 Å². The van der Waals surface area contributed by atoms with Gasteiger partial charge in [-0.1, -0.05) is 0 Å². The molecule has 0 unspecified atom stereocenters. The van der Waals surface area contributed by atoms with Crippen molar-refractivity contribution in [2.75, 3.05) is 19.7 Å². The Labute approximate surface area is 116 Å². The van der Waals surface area contributed by atoms with Gasteiger partial charge >= 0.3 is 0 Å². The van der Waals surface area contributed by atoms with Crippen LogP contribution in [0.4, 0.5) is 8.78 Å². The molecule has 0 aliphatic rings. The molecular formula is C10H11F2N5O2S. The number of amides is 1. The summed E-state index contributed by atoms with van der Waals surface area (Å²) in [6, 6.07) is 1.62. The molecule has 2 aromatic rings. The molecule has 0 saturated heterocycles. The highest BCUT2D eigenvalue weighted by atomic mass is 32.1. The SMILES string of the molecule is O=C(c1sccc1-n1cnnn1)N(CCO)CC(F)F. The number of aliphatic hydroxyl groups excluding tert-OH is 1. The standard InChI is InChI=1S/C10H11F2N5O2S/c11-8(12)5-16(2-3-18)10(19)9-7(1-4-20-9)17-6-13-14-15-17/h1,4,6,8,18H,2-3,5H2. The quantitative estimate of drug-likeness (QED) is 0.836. The number of tetrazole rings is 1. The molecule has 2 heterocycles. The molecule has 108 valence electrons. The van der Waals surface area contributed by atoms with Crippen molar-refractivity contribution in [3.8, 4) is 5.69 Å². The van der Waals surface area contributed by atoms with E-state index in [0.717, 1.165) is 16.2 Å². The van der Waals surface area contributed by atoms with Crippen LogP contribution in [0.1, 0.15) is 9.67 Å². The van der Waals surface area contributed by atoms with Gasteiger partial charge in [-0.25, -0.2) is 8.78 Å². The minimum absolute atomic E-state index is 0.157. The first-order valence-electron chi connectivity index (χ1n) is 5.62. The van der Waals surface area contributed by atoms with Crippen molar-refractivity contribution < 1.29 is 18.7 Å². The Balaban J connectivity index is 2.26. The van der Waals surface area contributed by atoms with Gasteiger partial charge in [0.05, 0.1) is 18.8 Å². The zero-order chi connectivity index (χ0) is 14.5. The van der Waals surface area contributed by atoms with Gasteiger partial charge in [0.1, 0.15) is 11.2 Å². The molecule has 0 aliphatic carbocycles. The third kappa shape index (κ3) is 3.14. The van der Waals surface area contributed by atoms with Gasteiger partial charge in [0.15, 0.2) is 0 Å². The molecule has 10 heteroatoms. The van der Waals surface area contributed by atoms with Crippen LogP contribution in [-0.2, 0) is 0 Å². The molecule has 2 aromatic heterocycles. The maximum atomic E-state index is 12.5. The van der Waals surface area contributed by atoms with Crippen LogP contribution in [0, 0.1) is 0 Å². The fourth-order valence-electron chi connectivity index (χ4n) is 1.62. The molecule has 0 aliphatic heterocycles. The number of halogens is 2. The Kier molecular flexibility index (Phi) is 4.69. The predicted octanol–water partition coefficient (Wildman–Crippen LogP) is 0.423. The summed E-state index contributed by atoms with van der Waals surface area (Å²) < 4.78 is 26.2. The average molecular weight is 303 g/mol. The lowest BCUT2D eigenvalue weighted by Gasteiger charge is -2.21. The van der Waals surface area contributed by atoms with E-state index in [4.69, 9.17) is 5.11 Å². The van der Waals surface area contributed by atoms with Crippen LogP contribution in [0.15, 0.2) is 17.8 Å². The topological polar surface area (TPSA) is 84.1 Å². The van der Waals surface area contributed by atoms with E-state index >= 15 is 0 Å². The second kappa shape index (κ2) is 6.48. The molecule has 0 saturated carbocycles. The molecule has 0 fully saturated rings. The number of alkyl halides is 2. The summed E-state index contributed by atoms with van der Waals surface area (Å²) in [5.74, 6) is -0.583. The number of carbonyl (C=O) groups excluding carboxylic acids is 1. The normalized spacial score (nSPS) is 11.0. The number of nitrogens with zero attached hydrogens (tertiary/aromatic N) is 5. The zero-order valence-electron chi connectivity index (χ0n) is 10.2. The Bertz CT molecular complexity index is 560. The molecule has 1 amide bonds. The highest BCUT2D eigenvalue weighted by Gasteiger charge is 2.23. The number of aromatic nitrogens is 4. The largest absolute Gasteiger partial charge is 0.395 e. The maximum Gasteiger partial charge on any atom is 0.266 e. The van der Waals surface area contributed by atoms with Gasteiger partial charge in [-0.3, -0.25) is 4.79 Å². The summed E-state index contributed by atoms with van der Waals surface area (Å²) >= 11 is 1.10. The Morgan fingerprint density at radius 3 is 2.95 bits per heavy atom. The number of carbonyl (C=O) groups is 1. The first kappa shape index (κ1) is 14.5. The number of thiophene rings is 1. The molecule has 0 spiro atoms. The Hall–Kier alpha value is -1.94. The summed E-state index contributed by atoms with van der Waals surface area (Å²) in [4.78, 5) is 13.4. The third-order valence-electron chi connectivity index (χ3n) is 2.45. The Morgan fingerprint density at radius 1 is 1.55 bits per heavy atom. The van der Waals surface area contributed by atoms with Crippen molar-refractivity contribution in [1.82, 2.24) is 25.1 Å². The van der Waals surface area contributed by atoms with Gasteiger partial charge in [0.2, 0.25) is 0 Å². The number of rotatable bonds is 6. The van der Waals surface area contributed by atoms with Crippen LogP contribution < -0.4 is 0 Å². The molecule has 0 atom stereocenters. The highest BCUT2D eigenvalue weighted by molar-refractivity contribution is 7.12. The lowest BCUT2D eigenvalue weighted by atomic mass is 10.3. The first-order valence-corrected chi connectivity index (χ1v) is 6.50. The van der Waals surface area contributed by atoms with Crippen LogP contribution in [-0.4, -0.2) is 62.2 Å². The summed E-state index contributed by atoms with van der Waals surface area (Å²) in [5.41, 5.74) is 0.419. The zero-order valence-corrected chi connectivity index (χ0v) is 11.0. The van der Waals surface area contributed by atoms with Gasteiger partial charge in [-0.15, -0.1) is 16.4 Å². The number of hydrogen-bond acceptors (Lipinski definition) is 6. The van der Waals surface area contributed by atoms with Crippen LogP contribution in [0.3, 0.4) is 0 Å². The lowest BCUT2D eigenvalue weighted by molar-refractivity contribution is 0.0513. The molecule has 7 nitrogen and oxygen atoms in total. The van der Waals surface area contributed by atoms with Gasteiger partial charge in [-0.05, 0) is 21.9 Å². The van der Waals surface area contributed by atoms with Crippen LogP contribution in [0.5, 0.6) is 0 Å². The van der Waals surface area contributed by atoms with Crippen molar-refractivity contribution in [3.63, 3.8) is 0 Å². The minimum Gasteiger partial charge on any atom is -0.395 e. The van der Waals surface area contributed by atoms with E-state index in [-0.39, 0.29) is 18.0 Å². The summed E-state index contributed by atoms with van der Waals surface area (Å²) in [7, 11) is 0. The lowest BCUT2D eigenvalue weighted by Crippen LogP contribution is -2.37. The van der Waals surface area contributed by atoms with Crippen LogP contribution >= 0.6 is 11.3 Å². The van der Waals surface area contributed by atoms with E-state index in [2.05, 4.69) is 15.5 Å². The van der Waals surface area contributed by atoms with E-state index in [9.17, 15) is 13.6 Å². The van der Waals surface area contributed by atoms with Crippen molar-refractivity contribution in [2.24, 2.45) is 0 Å². The third-order valence-corrected chi connectivity index (χ3v) is 3.34. The fraction of sp³-hybridized carbons (Fsp3) is 0.400. The average Bonchev–Trinajstić information content (AvgIpc) is 3.07. The summed E-state index contributed by atoms with van der Waals surface area (Å²) in [5, 5.41) is 21.1. The summed E-state index contributed by atoms with van der Waals surface area (Å²) in [6.07, 6.45) is -1.36. The molecule has 0 radical (unpaired) electrons. The van der Waals surface area contributed by atoms with E-state index in [1.807, 2.05) is 0 Å². The van der Waals surface area contributed by atoms with Gasteiger partial charge < -0.3 is 10.0 Å².